The zero-order chi connectivity index (χ0) is 24.7. The van der Waals surface area contributed by atoms with Gasteiger partial charge in [-0.3, -0.25) is 14.5 Å². The van der Waals surface area contributed by atoms with Crippen LogP contribution in [0.3, 0.4) is 0 Å². The molecule has 2 aliphatic rings. The summed E-state index contributed by atoms with van der Waals surface area (Å²) in [7, 11) is 3.57. The molecule has 1 amide bonds. The summed E-state index contributed by atoms with van der Waals surface area (Å²) in [6.45, 7) is 2.27. The molecular formula is C28H31N3O4. The minimum Gasteiger partial charge on any atom is -0.496 e. The Morgan fingerprint density at radius 2 is 1.80 bits per heavy atom. The van der Waals surface area contributed by atoms with Gasteiger partial charge in [0.1, 0.15) is 5.75 Å². The maximum absolute atomic E-state index is 13.7. The van der Waals surface area contributed by atoms with Gasteiger partial charge in [-0.15, -0.1) is 0 Å². The van der Waals surface area contributed by atoms with Gasteiger partial charge in [-0.05, 0) is 37.7 Å². The lowest BCUT2D eigenvalue weighted by molar-refractivity contribution is -0.128. The van der Waals surface area contributed by atoms with Gasteiger partial charge >= 0.3 is 0 Å². The Bertz CT molecular complexity index is 1290. The second-order valence-electron chi connectivity index (χ2n) is 9.48. The molecule has 0 spiro atoms. The highest BCUT2D eigenvalue weighted by Crippen LogP contribution is 2.47. The molecule has 2 aromatic carbocycles. The van der Waals surface area contributed by atoms with Crippen LogP contribution in [0.4, 0.5) is 0 Å². The average molecular weight is 474 g/mol. The molecule has 1 saturated heterocycles. The number of fused-ring (bicyclic) bond motifs is 4. The fourth-order valence-corrected chi connectivity index (χ4v) is 5.90. The first-order valence-corrected chi connectivity index (χ1v) is 12.0. The number of hydrogen-bond acceptors (Lipinski definition) is 5. The van der Waals surface area contributed by atoms with E-state index in [0.29, 0.717) is 17.9 Å². The summed E-state index contributed by atoms with van der Waals surface area (Å²) < 4.78 is 7.27. The second kappa shape index (κ2) is 9.32. The number of benzene rings is 2. The first-order valence-electron chi connectivity index (χ1n) is 12.0. The summed E-state index contributed by atoms with van der Waals surface area (Å²) in [5, 5.41) is 13.5. The number of aliphatic hydroxyl groups excluding tert-OH is 1. The predicted octanol–water partition coefficient (Wildman–Crippen LogP) is 2.99. The number of amides is 1. The van der Waals surface area contributed by atoms with Crippen LogP contribution in [0.1, 0.15) is 30.3 Å². The fraction of sp³-hybridized carbons (Fsp3) is 0.357. The first-order chi connectivity index (χ1) is 17.0. The molecule has 0 radical (unpaired) electrons. The summed E-state index contributed by atoms with van der Waals surface area (Å²) in [6.07, 6.45) is 0. The van der Waals surface area contributed by atoms with Crippen LogP contribution in [-0.2, 0) is 11.3 Å². The van der Waals surface area contributed by atoms with Crippen molar-refractivity contribution in [2.24, 2.45) is 11.8 Å². The number of carbonyl (C=O) groups excluding carboxylic acids is 1. The number of nitrogens with one attached hydrogen (secondary N) is 1. The van der Waals surface area contributed by atoms with E-state index in [1.165, 1.54) is 0 Å². The Kier molecular flexibility index (Phi) is 6.21. The number of ether oxygens (including phenoxy) is 1. The summed E-state index contributed by atoms with van der Waals surface area (Å²) in [5.41, 5.74) is 3.02. The number of para-hydroxylation sites is 1. The summed E-state index contributed by atoms with van der Waals surface area (Å²) >= 11 is 0. The maximum atomic E-state index is 13.7. The fourth-order valence-electron chi connectivity index (χ4n) is 5.90. The SMILES string of the molecule is COc1ccccc1-c1ccc2n(c1=O)C[C@H]1[C@H](CO)[C@@H](C(=O)N[C@@H](C)c3ccccc3)[C@@H]2N1C. The van der Waals surface area contributed by atoms with Crippen molar-refractivity contribution < 1.29 is 14.6 Å². The largest absolute Gasteiger partial charge is 0.496 e. The molecule has 2 bridgehead atoms. The zero-order valence-electron chi connectivity index (χ0n) is 20.2. The van der Waals surface area contributed by atoms with Crippen molar-refractivity contribution in [3.05, 3.63) is 88.3 Å². The van der Waals surface area contributed by atoms with Crippen molar-refractivity contribution in [2.75, 3.05) is 20.8 Å². The van der Waals surface area contributed by atoms with Gasteiger partial charge in [0.25, 0.3) is 5.56 Å². The lowest BCUT2D eigenvalue weighted by Gasteiger charge is -2.35. The lowest BCUT2D eigenvalue weighted by atomic mass is 9.86. The van der Waals surface area contributed by atoms with Gasteiger partial charge in [0.15, 0.2) is 0 Å². The normalized spacial score (nSPS) is 24.0. The molecule has 182 valence electrons. The number of aliphatic hydroxyl groups is 1. The summed E-state index contributed by atoms with van der Waals surface area (Å²) in [6, 6.07) is 20.5. The number of carbonyl (C=O) groups is 1. The van der Waals surface area contributed by atoms with E-state index in [0.717, 1.165) is 16.8 Å². The zero-order valence-corrected chi connectivity index (χ0v) is 20.2. The van der Waals surface area contributed by atoms with E-state index >= 15 is 0 Å². The number of hydrogen-bond donors (Lipinski definition) is 2. The third-order valence-corrected chi connectivity index (χ3v) is 7.71. The van der Waals surface area contributed by atoms with Gasteiger partial charge in [-0.25, -0.2) is 0 Å². The van der Waals surface area contributed by atoms with Crippen molar-refractivity contribution in [1.82, 2.24) is 14.8 Å². The van der Waals surface area contributed by atoms with E-state index in [1.54, 1.807) is 11.7 Å². The molecule has 3 heterocycles. The van der Waals surface area contributed by atoms with E-state index < -0.39 is 5.92 Å². The Labute approximate surface area is 205 Å². The number of likely N-dealkylation sites (N-methyl/N-ethyl adjacent to an activating group) is 1. The van der Waals surface area contributed by atoms with E-state index in [2.05, 4.69) is 10.2 Å². The molecular weight excluding hydrogens is 442 g/mol. The van der Waals surface area contributed by atoms with E-state index in [9.17, 15) is 14.7 Å². The quantitative estimate of drug-likeness (QED) is 0.575. The molecule has 0 saturated carbocycles. The predicted molar refractivity (Wildman–Crippen MR) is 134 cm³/mol. The van der Waals surface area contributed by atoms with Gasteiger partial charge in [-0.1, -0.05) is 48.5 Å². The third-order valence-electron chi connectivity index (χ3n) is 7.71. The molecule has 2 aliphatic heterocycles. The molecule has 35 heavy (non-hydrogen) atoms. The number of methoxy groups -OCH3 is 1. The maximum Gasteiger partial charge on any atom is 0.258 e. The highest BCUT2D eigenvalue weighted by molar-refractivity contribution is 5.81. The van der Waals surface area contributed by atoms with Crippen molar-refractivity contribution in [1.29, 1.82) is 0 Å². The monoisotopic (exact) mass is 473 g/mol. The van der Waals surface area contributed by atoms with Crippen molar-refractivity contribution in [3.63, 3.8) is 0 Å². The van der Waals surface area contributed by atoms with Crippen LogP contribution in [-0.4, -0.2) is 47.3 Å². The van der Waals surface area contributed by atoms with Gasteiger partial charge in [0, 0.05) is 36.4 Å². The highest BCUT2D eigenvalue weighted by Gasteiger charge is 2.54. The van der Waals surface area contributed by atoms with Crippen LogP contribution in [0.15, 0.2) is 71.5 Å². The van der Waals surface area contributed by atoms with E-state index in [1.807, 2.05) is 80.7 Å². The minimum absolute atomic E-state index is 0.102. The van der Waals surface area contributed by atoms with Gasteiger partial charge in [0.05, 0.1) is 30.7 Å². The average Bonchev–Trinajstić information content (AvgIpc) is 3.06. The molecule has 7 nitrogen and oxygen atoms in total. The van der Waals surface area contributed by atoms with Gasteiger partial charge in [0.2, 0.25) is 5.91 Å². The molecule has 3 aromatic rings. The van der Waals surface area contributed by atoms with Crippen LogP contribution in [0.25, 0.3) is 11.1 Å². The first kappa shape index (κ1) is 23.3. The molecule has 5 atom stereocenters. The van der Waals surface area contributed by atoms with Gasteiger partial charge < -0.3 is 19.7 Å². The second-order valence-corrected chi connectivity index (χ2v) is 9.48. The highest BCUT2D eigenvalue weighted by atomic mass is 16.5. The Morgan fingerprint density at radius 3 is 2.51 bits per heavy atom. The van der Waals surface area contributed by atoms with Crippen LogP contribution < -0.4 is 15.6 Å². The lowest BCUT2D eigenvalue weighted by Crippen LogP contribution is -2.44. The van der Waals surface area contributed by atoms with Gasteiger partial charge in [-0.2, -0.15) is 0 Å². The number of pyridine rings is 1. The minimum atomic E-state index is -0.466. The van der Waals surface area contributed by atoms with E-state index in [4.69, 9.17) is 4.74 Å². The number of rotatable bonds is 6. The Balaban J connectivity index is 1.52. The van der Waals surface area contributed by atoms with Crippen molar-refractivity contribution in [2.45, 2.75) is 31.6 Å². The van der Waals surface area contributed by atoms with E-state index in [-0.39, 0.29) is 42.1 Å². The summed E-state index contributed by atoms with van der Waals surface area (Å²) in [5.74, 6) is -0.204. The standard InChI is InChI=1S/C28H31N3O4/c1-17(18-9-5-4-6-10-18)29-27(33)25-21(16-32)23-15-31-22(26(25)30(23)2)14-13-20(28(31)34)19-11-7-8-12-24(19)35-3/h4-14,17,21,23,25-26,32H,15-16H2,1-3H3,(H,29,33)/t17-,21-,23-,25+,26+/m0/s1. The topological polar surface area (TPSA) is 83.8 Å². The molecule has 1 fully saturated rings. The smallest absolute Gasteiger partial charge is 0.258 e. The third kappa shape index (κ3) is 3.85. The van der Waals surface area contributed by atoms with Crippen LogP contribution in [0.5, 0.6) is 5.75 Å². The summed E-state index contributed by atoms with van der Waals surface area (Å²) in [4.78, 5) is 29.4. The molecule has 7 heteroatoms. The molecule has 1 aromatic heterocycles. The van der Waals surface area contributed by atoms with Crippen LogP contribution in [0.2, 0.25) is 0 Å². The van der Waals surface area contributed by atoms with Crippen molar-refractivity contribution in [3.8, 4) is 16.9 Å². The molecule has 2 N–H and O–H groups in total. The Hall–Kier alpha value is -3.42. The van der Waals surface area contributed by atoms with Crippen LogP contribution in [0, 0.1) is 11.8 Å². The van der Waals surface area contributed by atoms with Crippen LogP contribution >= 0.6 is 0 Å². The molecule has 0 unspecified atom stereocenters. The number of nitrogens with zero attached hydrogens (tertiary/aromatic N) is 2. The Morgan fingerprint density at radius 1 is 1.09 bits per heavy atom. The molecule has 0 aliphatic carbocycles. The van der Waals surface area contributed by atoms with Crippen molar-refractivity contribution >= 4 is 5.91 Å². The molecule has 5 rings (SSSR count). The number of aromatic nitrogens is 1.